The third-order valence-corrected chi connectivity index (χ3v) is 2.31. The highest BCUT2D eigenvalue weighted by atomic mass is 16.2. The average Bonchev–Trinajstić information content (AvgIpc) is 1.98. The molecule has 3 heteroatoms. The second-order valence-corrected chi connectivity index (χ2v) is 3.43. The molecule has 0 aliphatic heterocycles. The molecule has 0 saturated carbocycles. The molecule has 0 saturated heterocycles. The molecule has 0 aromatic heterocycles. The molecular formula is C9H20N2O. The smallest absolute Gasteiger partial charge is 0.219 e. The molecule has 2 unspecified atom stereocenters. The van der Waals surface area contributed by atoms with Gasteiger partial charge in [-0.3, -0.25) is 4.79 Å². The van der Waals surface area contributed by atoms with Crippen LogP contribution in [0, 0.1) is 5.92 Å². The van der Waals surface area contributed by atoms with Gasteiger partial charge >= 0.3 is 0 Å². The molecule has 0 radical (unpaired) electrons. The average molecular weight is 172 g/mol. The van der Waals surface area contributed by atoms with E-state index < -0.39 is 0 Å². The Morgan fingerprint density at radius 1 is 1.58 bits per heavy atom. The number of nitrogens with zero attached hydrogens (tertiary/aromatic N) is 1. The Balaban J connectivity index is 3.93. The topological polar surface area (TPSA) is 46.3 Å². The molecule has 1 amide bonds. The fourth-order valence-corrected chi connectivity index (χ4v) is 1.15. The van der Waals surface area contributed by atoms with E-state index in [9.17, 15) is 4.79 Å². The second-order valence-electron chi connectivity index (χ2n) is 3.43. The molecule has 2 atom stereocenters. The Morgan fingerprint density at radius 3 is 2.33 bits per heavy atom. The summed E-state index contributed by atoms with van der Waals surface area (Å²) in [7, 11) is 1.81. The first-order valence-corrected chi connectivity index (χ1v) is 4.46. The van der Waals surface area contributed by atoms with E-state index in [1.54, 1.807) is 11.8 Å². The van der Waals surface area contributed by atoms with Gasteiger partial charge in [-0.15, -0.1) is 0 Å². The largest absolute Gasteiger partial charge is 0.346 e. The summed E-state index contributed by atoms with van der Waals surface area (Å²) < 4.78 is 0. The van der Waals surface area contributed by atoms with Gasteiger partial charge in [0.05, 0.1) is 0 Å². The fraction of sp³-hybridized carbons (Fsp3) is 0.889. The Bertz CT molecular complexity index is 145. The molecule has 0 rings (SSSR count). The third-order valence-electron chi connectivity index (χ3n) is 2.31. The molecule has 0 aliphatic carbocycles. The highest BCUT2D eigenvalue weighted by Crippen LogP contribution is 2.07. The van der Waals surface area contributed by atoms with E-state index in [0.717, 1.165) is 13.0 Å². The van der Waals surface area contributed by atoms with Crippen LogP contribution in [-0.4, -0.2) is 30.4 Å². The number of carbonyl (C=O) groups excluding carboxylic acids is 1. The van der Waals surface area contributed by atoms with Gasteiger partial charge in [-0.1, -0.05) is 13.3 Å². The number of hydrogen-bond donors (Lipinski definition) is 1. The minimum atomic E-state index is 0.106. The van der Waals surface area contributed by atoms with Crippen molar-refractivity contribution in [2.75, 3.05) is 13.6 Å². The predicted molar refractivity (Wildman–Crippen MR) is 50.7 cm³/mol. The van der Waals surface area contributed by atoms with Crippen LogP contribution in [0.3, 0.4) is 0 Å². The van der Waals surface area contributed by atoms with Gasteiger partial charge in [0.15, 0.2) is 0 Å². The molecule has 2 N–H and O–H groups in total. The van der Waals surface area contributed by atoms with Crippen molar-refractivity contribution in [1.29, 1.82) is 0 Å². The zero-order chi connectivity index (χ0) is 9.72. The van der Waals surface area contributed by atoms with E-state index in [1.165, 1.54) is 0 Å². The maximum absolute atomic E-state index is 10.9. The van der Waals surface area contributed by atoms with Gasteiger partial charge in [-0.2, -0.15) is 0 Å². The first kappa shape index (κ1) is 11.4. The minimum absolute atomic E-state index is 0.106. The molecule has 0 aromatic rings. The molecule has 0 fully saturated rings. The van der Waals surface area contributed by atoms with Crippen molar-refractivity contribution in [2.24, 2.45) is 11.7 Å². The lowest BCUT2D eigenvalue weighted by atomic mass is 9.99. The number of hydrogen-bond acceptors (Lipinski definition) is 2. The Kier molecular flexibility index (Phi) is 4.90. The van der Waals surface area contributed by atoms with Crippen LogP contribution >= 0.6 is 0 Å². The van der Waals surface area contributed by atoms with E-state index >= 15 is 0 Å². The summed E-state index contributed by atoms with van der Waals surface area (Å²) in [4.78, 5) is 12.6. The van der Waals surface area contributed by atoms with Crippen molar-refractivity contribution >= 4 is 5.91 Å². The lowest BCUT2D eigenvalue weighted by Gasteiger charge is -2.24. The monoisotopic (exact) mass is 172 g/mol. The van der Waals surface area contributed by atoms with E-state index in [-0.39, 0.29) is 11.9 Å². The molecule has 0 heterocycles. The predicted octanol–water partition coefficient (Wildman–Crippen LogP) is 0.838. The summed E-state index contributed by atoms with van der Waals surface area (Å²) in [5.74, 6) is 0.521. The summed E-state index contributed by atoms with van der Waals surface area (Å²) in [5.41, 5.74) is 5.76. The molecule has 0 spiro atoms. The Labute approximate surface area is 74.9 Å². The minimum Gasteiger partial charge on any atom is -0.346 e. The summed E-state index contributed by atoms with van der Waals surface area (Å²) in [6.45, 7) is 6.43. The summed E-state index contributed by atoms with van der Waals surface area (Å²) in [5, 5.41) is 0. The summed E-state index contributed by atoms with van der Waals surface area (Å²) >= 11 is 0. The van der Waals surface area contributed by atoms with E-state index in [2.05, 4.69) is 6.92 Å². The summed E-state index contributed by atoms with van der Waals surface area (Å²) in [6, 6.07) is 0.164. The zero-order valence-corrected chi connectivity index (χ0v) is 8.50. The first-order chi connectivity index (χ1) is 5.49. The van der Waals surface area contributed by atoms with Crippen LogP contribution in [0.15, 0.2) is 0 Å². The van der Waals surface area contributed by atoms with E-state index in [4.69, 9.17) is 5.73 Å². The molecule has 12 heavy (non-hydrogen) atoms. The van der Waals surface area contributed by atoms with Crippen LogP contribution in [0.2, 0.25) is 0 Å². The summed E-state index contributed by atoms with van der Waals surface area (Å²) in [6.07, 6.45) is 1.02. The van der Waals surface area contributed by atoms with Gasteiger partial charge in [-0.25, -0.2) is 0 Å². The standard InChI is InChI=1S/C9H20N2O/c1-5-9(7(2)10)6-11(4)8(3)12/h7,9H,5-6,10H2,1-4H3. The lowest BCUT2D eigenvalue weighted by Crippen LogP contribution is -2.37. The fourth-order valence-electron chi connectivity index (χ4n) is 1.15. The van der Waals surface area contributed by atoms with Crippen LogP contribution < -0.4 is 5.73 Å². The van der Waals surface area contributed by atoms with Crippen molar-refractivity contribution in [3.8, 4) is 0 Å². The van der Waals surface area contributed by atoms with Crippen molar-refractivity contribution < 1.29 is 4.79 Å². The maximum atomic E-state index is 10.9. The Hall–Kier alpha value is -0.570. The molecule has 0 aromatic carbocycles. The highest BCUT2D eigenvalue weighted by molar-refractivity contribution is 5.72. The lowest BCUT2D eigenvalue weighted by molar-refractivity contribution is -0.128. The quantitative estimate of drug-likeness (QED) is 0.683. The number of amides is 1. The highest BCUT2D eigenvalue weighted by Gasteiger charge is 2.14. The van der Waals surface area contributed by atoms with Gasteiger partial charge < -0.3 is 10.6 Å². The number of nitrogens with two attached hydrogens (primary N) is 1. The molecular weight excluding hydrogens is 152 g/mol. The van der Waals surface area contributed by atoms with Crippen LogP contribution in [0.25, 0.3) is 0 Å². The SMILES string of the molecule is CCC(CN(C)C(C)=O)C(C)N. The zero-order valence-electron chi connectivity index (χ0n) is 8.50. The molecule has 72 valence electrons. The van der Waals surface area contributed by atoms with Gasteiger partial charge in [0, 0.05) is 26.6 Å². The van der Waals surface area contributed by atoms with Crippen molar-refractivity contribution in [2.45, 2.75) is 33.2 Å². The third kappa shape index (κ3) is 3.72. The molecule has 0 aliphatic rings. The van der Waals surface area contributed by atoms with Gasteiger partial charge in [-0.05, 0) is 12.8 Å². The van der Waals surface area contributed by atoms with E-state index in [1.807, 2.05) is 14.0 Å². The van der Waals surface area contributed by atoms with E-state index in [0.29, 0.717) is 5.92 Å². The maximum Gasteiger partial charge on any atom is 0.219 e. The van der Waals surface area contributed by atoms with Gasteiger partial charge in [0.1, 0.15) is 0 Å². The van der Waals surface area contributed by atoms with Crippen molar-refractivity contribution in [1.82, 2.24) is 4.90 Å². The van der Waals surface area contributed by atoms with Crippen LogP contribution in [0.1, 0.15) is 27.2 Å². The molecule has 0 bridgehead atoms. The number of carbonyl (C=O) groups is 1. The van der Waals surface area contributed by atoms with Crippen LogP contribution in [0.5, 0.6) is 0 Å². The van der Waals surface area contributed by atoms with Gasteiger partial charge in [0.2, 0.25) is 5.91 Å². The van der Waals surface area contributed by atoms with Crippen LogP contribution in [0.4, 0.5) is 0 Å². The normalized spacial score (nSPS) is 15.4. The Morgan fingerprint density at radius 2 is 2.08 bits per heavy atom. The first-order valence-electron chi connectivity index (χ1n) is 4.46. The van der Waals surface area contributed by atoms with Crippen molar-refractivity contribution in [3.63, 3.8) is 0 Å². The molecule has 3 nitrogen and oxygen atoms in total. The van der Waals surface area contributed by atoms with Gasteiger partial charge in [0.25, 0.3) is 0 Å². The second kappa shape index (κ2) is 5.14. The van der Waals surface area contributed by atoms with Crippen molar-refractivity contribution in [3.05, 3.63) is 0 Å². The van der Waals surface area contributed by atoms with Crippen LogP contribution in [-0.2, 0) is 4.79 Å². The number of rotatable bonds is 4.